The number of carbonyl (C=O) groups is 1. The molecule has 8 heteroatoms. The summed E-state index contributed by atoms with van der Waals surface area (Å²) in [6.45, 7) is 5.11. The minimum Gasteiger partial charge on any atom is -0.383 e. The average molecular weight is 416 g/mol. The molecule has 0 aliphatic carbocycles. The number of hydrogen-bond acceptors (Lipinski definition) is 3. The number of nitrogens with zero attached hydrogens (tertiary/aromatic N) is 1. The van der Waals surface area contributed by atoms with Crippen molar-refractivity contribution < 1.29 is 14.4 Å². The van der Waals surface area contributed by atoms with Crippen LogP contribution >= 0.6 is 28.1 Å². The van der Waals surface area contributed by atoms with Gasteiger partial charge in [0.05, 0.1) is 32.8 Å². The monoisotopic (exact) mass is 415 g/mol. The molecule has 3 N–H and O–H groups in total. The van der Waals surface area contributed by atoms with Crippen molar-refractivity contribution in [1.82, 2.24) is 10.2 Å². The Morgan fingerprint density at radius 2 is 2.17 bits per heavy atom. The van der Waals surface area contributed by atoms with Gasteiger partial charge in [-0.3, -0.25) is 4.79 Å². The first-order chi connectivity index (χ1) is 11.6. The van der Waals surface area contributed by atoms with E-state index in [0.717, 1.165) is 41.5 Å². The molecule has 24 heavy (non-hydrogen) atoms. The highest BCUT2D eigenvalue weighted by Crippen LogP contribution is 2.16. The molecule has 0 unspecified atom stereocenters. The van der Waals surface area contributed by atoms with E-state index in [0.29, 0.717) is 19.7 Å². The average Bonchev–Trinajstić information content (AvgIpc) is 2.55. The Morgan fingerprint density at radius 3 is 2.83 bits per heavy atom. The first kappa shape index (κ1) is 19.1. The molecule has 0 spiro atoms. The van der Waals surface area contributed by atoms with Crippen LogP contribution in [0.4, 0.5) is 5.69 Å². The molecule has 1 aliphatic heterocycles. The standard InChI is InChI=1S/C16H23BrN4O2S/c1-23-10-5-18-15(22)12-20-6-8-21(9-7-20)16(24)19-14-4-2-3-13(17)11-14/h2-4,11H,5-10,12H2,1H3,(H,18,22)(H,19,24)/p+1. The summed E-state index contributed by atoms with van der Waals surface area (Å²) in [6, 6.07) is 7.94. The first-order valence-corrected chi connectivity index (χ1v) is 9.19. The molecule has 0 radical (unpaired) electrons. The number of halogens is 1. The summed E-state index contributed by atoms with van der Waals surface area (Å²) in [7, 11) is 1.63. The van der Waals surface area contributed by atoms with E-state index in [9.17, 15) is 4.79 Å². The zero-order chi connectivity index (χ0) is 17.4. The zero-order valence-electron chi connectivity index (χ0n) is 13.8. The molecule has 1 aromatic rings. The van der Waals surface area contributed by atoms with Crippen molar-refractivity contribution in [3.63, 3.8) is 0 Å². The third-order valence-electron chi connectivity index (χ3n) is 3.87. The van der Waals surface area contributed by atoms with Crippen LogP contribution in [0.25, 0.3) is 0 Å². The smallest absolute Gasteiger partial charge is 0.275 e. The molecule has 0 bridgehead atoms. The van der Waals surface area contributed by atoms with Crippen LogP contribution in [-0.2, 0) is 9.53 Å². The molecule has 1 aliphatic rings. The summed E-state index contributed by atoms with van der Waals surface area (Å²) in [5.74, 6) is 0.0744. The summed E-state index contributed by atoms with van der Waals surface area (Å²) >= 11 is 8.95. The van der Waals surface area contributed by atoms with Gasteiger partial charge in [0, 0.05) is 23.8 Å². The summed E-state index contributed by atoms with van der Waals surface area (Å²) in [6.07, 6.45) is 0. The highest BCUT2D eigenvalue weighted by atomic mass is 79.9. The molecule has 1 saturated heterocycles. The molecule has 1 aromatic carbocycles. The number of piperazine rings is 1. The minimum absolute atomic E-state index is 0.0744. The number of methoxy groups -OCH3 is 1. The molecule has 1 heterocycles. The van der Waals surface area contributed by atoms with Gasteiger partial charge in [-0.05, 0) is 30.4 Å². The third kappa shape index (κ3) is 6.35. The Morgan fingerprint density at radius 1 is 1.42 bits per heavy atom. The SMILES string of the molecule is COCCNC(=O)C[NH+]1CCN(C(=S)Nc2cccc(Br)c2)CC1. The second-order valence-electron chi connectivity index (χ2n) is 5.70. The van der Waals surface area contributed by atoms with Crippen molar-refractivity contribution in [3.05, 3.63) is 28.7 Å². The second-order valence-corrected chi connectivity index (χ2v) is 7.00. The minimum atomic E-state index is 0.0744. The van der Waals surface area contributed by atoms with E-state index in [4.69, 9.17) is 17.0 Å². The van der Waals surface area contributed by atoms with Crippen molar-refractivity contribution >= 4 is 44.9 Å². The molecule has 0 aromatic heterocycles. The molecular formula is C16H24BrN4O2S+. The lowest BCUT2D eigenvalue weighted by Gasteiger charge is -2.33. The van der Waals surface area contributed by atoms with Crippen molar-refractivity contribution in [2.24, 2.45) is 0 Å². The van der Waals surface area contributed by atoms with Gasteiger partial charge in [0.1, 0.15) is 0 Å². The van der Waals surface area contributed by atoms with Gasteiger partial charge in [-0.25, -0.2) is 0 Å². The van der Waals surface area contributed by atoms with Crippen LogP contribution < -0.4 is 15.5 Å². The largest absolute Gasteiger partial charge is 0.383 e. The lowest BCUT2D eigenvalue weighted by atomic mass is 10.3. The van der Waals surface area contributed by atoms with Gasteiger partial charge in [0.2, 0.25) is 0 Å². The third-order valence-corrected chi connectivity index (χ3v) is 4.73. The zero-order valence-corrected chi connectivity index (χ0v) is 16.2. The summed E-state index contributed by atoms with van der Waals surface area (Å²) in [5.41, 5.74) is 0.974. The van der Waals surface area contributed by atoms with Gasteiger partial charge < -0.3 is 25.2 Å². The molecule has 0 atom stereocenters. The van der Waals surface area contributed by atoms with Gasteiger partial charge in [-0.1, -0.05) is 22.0 Å². The van der Waals surface area contributed by atoms with Gasteiger partial charge in [-0.15, -0.1) is 0 Å². The van der Waals surface area contributed by atoms with Crippen molar-refractivity contribution in [1.29, 1.82) is 0 Å². The number of quaternary nitrogens is 1. The lowest BCUT2D eigenvalue weighted by molar-refractivity contribution is -0.895. The number of rotatable bonds is 6. The number of benzene rings is 1. The van der Waals surface area contributed by atoms with E-state index in [1.165, 1.54) is 4.90 Å². The van der Waals surface area contributed by atoms with Crippen LogP contribution in [0.1, 0.15) is 0 Å². The molecular weight excluding hydrogens is 392 g/mol. The Balaban J connectivity index is 1.72. The topological polar surface area (TPSA) is 58.0 Å². The molecule has 0 saturated carbocycles. The Labute approximate surface area is 156 Å². The fourth-order valence-electron chi connectivity index (χ4n) is 2.55. The summed E-state index contributed by atoms with van der Waals surface area (Å²) in [5, 5.41) is 6.86. The van der Waals surface area contributed by atoms with Crippen molar-refractivity contribution in [2.75, 3.05) is 58.3 Å². The van der Waals surface area contributed by atoms with E-state index in [1.54, 1.807) is 7.11 Å². The maximum absolute atomic E-state index is 11.8. The van der Waals surface area contributed by atoms with Gasteiger partial charge in [0.25, 0.3) is 5.91 Å². The van der Waals surface area contributed by atoms with Gasteiger partial charge >= 0.3 is 0 Å². The van der Waals surface area contributed by atoms with E-state index < -0.39 is 0 Å². The summed E-state index contributed by atoms with van der Waals surface area (Å²) < 4.78 is 5.94. The lowest BCUT2D eigenvalue weighted by Crippen LogP contribution is -3.15. The first-order valence-electron chi connectivity index (χ1n) is 7.99. The highest BCUT2D eigenvalue weighted by molar-refractivity contribution is 9.10. The number of hydrogen-bond donors (Lipinski definition) is 3. The van der Waals surface area contributed by atoms with E-state index in [-0.39, 0.29) is 5.91 Å². The number of anilines is 1. The number of nitrogens with one attached hydrogen (secondary N) is 3. The van der Waals surface area contributed by atoms with Crippen molar-refractivity contribution in [3.8, 4) is 0 Å². The molecule has 1 amide bonds. The maximum Gasteiger partial charge on any atom is 0.275 e. The number of thiocarbonyl (C=S) groups is 1. The van der Waals surface area contributed by atoms with E-state index in [1.807, 2.05) is 24.3 Å². The van der Waals surface area contributed by atoms with Crippen LogP contribution in [0.3, 0.4) is 0 Å². The van der Waals surface area contributed by atoms with E-state index >= 15 is 0 Å². The Hall–Kier alpha value is -1.22. The second kappa shape index (κ2) is 9.93. The Kier molecular flexibility index (Phi) is 7.90. The number of amides is 1. The maximum atomic E-state index is 11.8. The Bertz CT molecular complexity index is 565. The number of ether oxygens (including phenoxy) is 1. The van der Waals surface area contributed by atoms with Crippen LogP contribution in [0.2, 0.25) is 0 Å². The quantitative estimate of drug-likeness (QED) is 0.454. The number of carbonyl (C=O) groups excluding carboxylic acids is 1. The molecule has 6 nitrogen and oxygen atoms in total. The summed E-state index contributed by atoms with van der Waals surface area (Å²) in [4.78, 5) is 15.3. The highest BCUT2D eigenvalue weighted by Gasteiger charge is 2.23. The fraction of sp³-hybridized carbons (Fsp3) is 0.500. The molecule has 2 rings (SSSR count). The van der Waals surface area contributed by atoms with Crippen LogP contribution in [0.15, 0.2) is 28.7 Å². The molecule has 132 valence electrons. The van der Waals surface area contributed by atoms with Crippen LogP contribution in [0, 0.1) is 0 Å². The normalized spacial score (nSPS) is 15.2. The van der Waals surface area contributed by atoms with Crippen LogP contribution in [0.5, 0.6) is 0 Å². The van der Waals surface area contributed by atoms with Crippen molar-refractivity contribution in [2.45, 2.75) is 0 Å². The molecule has 1 fully saturated rings. The predicted molar refractivity (Wildman–Crippen MR) is 102 cm³/mol. The van der Waals surface area contributed by atoms with E-state index in [2.05, 4.69) is 31.5 Å². The predicted octanol–water partition coefficient (Wildman–Crippen LogP) is 0.109. The fourth-order valence-corrected chi connectivity index (χ4v) is 3.25. The van der Waals surface area contributed by atoms with Crippen LogP contribution in [-0.4, -0.2) is 68.9 Å². The van der Waals surface area contributed by atoms with Gasteiger partial charge in [0.15, 0.2) is 11.7 Å². The van der Waals surface area contributed by atoms with Gasteiger partial charge in [-0.2, -0.15) is 0 Å².